The van der Waals surface area contributed by atoms with E-state index in [1.807, 2.05) is 6.92 Å². The van der Waals surface area contributed by atoms with Gasteiger partial charge in [-0.1, -0.05) is 0 Å². The van der Waals surface area contributed by atoms with Crippen LogP contribution in [0.5, 0.6) is 0 Å². The van der Waals surface area contributed by atoms with E-state index in [1.165, 1.54) is 17.8 Å². The van der Waals surface area contributed by atoms with Crippen LogP contribution in [0.3, 0.4) is 0 Å². The van der Waals surface area contributed by atoms with Crippen molar-refractivity contribution < 1.29 is 0 Å². The molecule has 4 nitrogen and oxygen atoms in total. The molecule has 1 aliphatic carbocycles. The maximum absolute atomic E-state index is 5.27. The molecule has 3 rings (SSSR count). The van der Waals surface area contributed by atoms with E-state index < -0.39 is 0 Å². The monoisotopic (exact) mass is 266 g/mol. The quantitative estimate of drug-likeness (QED) is 0.866. The summed E-state index contributed by atoms with van der Waals surface area (Å²) >= 11 is 6.99. The minimum atomic E-state index is 0.626. The van der Waals surface area contributed by atoms with E-state index in [2.05, 4.69) is 25.1 Å². The van der Waals surface area contributed by atoms with E-state index in [0.29, 0.717) is 5.92 Å². The Balaban J connectivity index is 1.76. The number of aromatic nitrogens is 4. The standard InChI is InChI=1S/C11H14N4S2/c1-7-6-17-9(12-7)4-5-15-10(8-2-3-8)13-14-11(15)16/h6,8H,2-5H2,1H3,(H,14,16). The first-order valence-electron chi connectivity index (χ1n) is 5.80. The molecule has 0 aliphatic heterocycles. The van der Waals surface area contributed by atoms with E-state index in [4.69, 9.17) is 12.2 Å². The first kappa shape index (κ1) is 11.1. The smallest absolute Gasteiger partial charge is 0.195 e. The van der Waals surface area contributed by atoms with Crippen LogP contribution >= 0.6 is 23.6 Å². The van der Waals surface area contributed by atoms with Gasteiger partial charge < -0.3 is 4.57 Å². The Morgan fingerprint density at radius 1 is 1.59 bits per heavy atom. The van der Waals surface area contributed by atoms with Gasteiger partial charge in [0, 0.05) is 30.0 Å². The number of hydrogen-bond acceptors (Lipinski definition) is 4. The third-order valence-corrected chi connectivity index (χ3v) is 4.28. The molecular formula is C11H14N4S2. The highest BCUT2D eigenvalue weighted by Crippen LogP contribution is 2.38. The van der Waals surface area contributed by atoms with Gasteiger partial charge in [-0.2, -0.15) is 5.10 Å². The highest BCUT2D eigenvalue weighted by molar-refractivity contribution is 7.71. The predicted octanol–water partition coefficient (Wildman–Crippen LogP) is 2.83. The fourth-order valence-electron chi connectivity index (χ4n) is 1.92. The Kier molecular flexibility index (Phi) is 2.84. The summed E-state index contributed by atoms with van der Waals surface area (Å²) in [6.45, 7) is 2.91. The van der Waals surface area contributed by atoms with Crippen molar-refractivity contribution in [3.8, 4) is 0 Å². The molecule has 0 unspecified atom stereocenters. The van der Waals surface area contributed by atoms with E-state index in [9.17, 15) is 0 Å². The lowest BCUT2D eigenvalue weighted by atomic mass is 10.3. The van der Waals surface area contributed by atoms with E-state index in [-0.39, 0.29) is 0 Å². The van der Waals surface area contributed by atoms with Gasteiger partial charge in [0.15, 0.2) is 4.77 Å². The SMILES string of the molecule is Cc1csc(CCn2c(C3CC3)n[nH]c2=S)n1. The number of aryl methyl sites for hydroxylation is 2. The third-order valence-electron chi connectivity index (χ3n) is 2.95. The van der Waals surface area contributed by atoms with Crippen molar-refractivity contribution in [1.29, 1.82) is 0 Å². The molecule has 2 heterocycles. The predicted molar refractivity (Wildman–Crippen MR) is 69.9 cm³/mol. The lowest BCUT2D eigenvalue weighted by Gasteiger charge is -2.03. The fourth-order valence-corrected chi connectivity index (χ4v) is 2.92. The molecule has 17 heavy (non-hydrogen) atoms. The summed E-state index contributed by atoms with van der Waals surface area (Å²) in [7, 11) is 0. The first-order chi connectivity index (χ1) is 8.24. The Labute approximate surface area is 109 Å². The van der Waals surface area contributed by atoms with Crippen LogP contribution < -0.4 is 0 Å². The minimum Gasteiger partial charge on any atom is -0.303 e. The van der Waals surface area contributed by atoms with E-state index in [1.54, 1.807) is 11.3 Å². The molecule has 0 atom stereocenters. The molecule has 1 N–H and O–H groups in total. The zero-order valence-electron chi connectivity index (χ0n) is 9.64. The van der Waals surface area contributed by atoms with Crippen LogP contribution in [0.25, 0.3) is 0 Å². The molecule has 90 valence electrons. The van der Waals surface area contributed by atoms with Crippen LogP contribution in [0.2, 0.25) is 0 Å². The van der Waals surface area contributed by atoms with Gasteiger partial charge in [-0.25, -0.2) is 4.98 Å². The summed E-state index contributed by atoms with van der Waals surface area (Å²) in [5.74, 6) is 1.75. The molecule has 1 fully saturated rings. The number of hydrogen-bond donors (Lipinski definition) is 1. The molecule has 0 saturated heterocycles. The maximum atomic E-state index is 5.27. The minimum absolute atomic E-state index is 0.626. The summed E-state index contributed by atoms with van der Waals surface area (Å²) in [6.07, 6.45) is 3.43. The Bertz CT molecular complexity index is 576. The van der Waals surface area contributed by atoms with Gasteiger partial charge in [-0.15, -0.1) is 11.3 Å². The largest absolute Gasteiger partial charge is 0.303 e. The van der Waals surface area contributed by atoms with Gasteiger partial charge >= 0.3 is 0 Å². The first-order valence-corrected chi connectivity index (χ1v) is 7.09. The molecule has 2 aromatic heterocycles. The number of nitrogens with zero attached hydrogens (tertiary/aromatic N) is 3. The van der Waals surface area contributed by atoms with Crippen molar-refractivity contribution in [2.75, 3.05) is 0 Å². The molecule has 0 radical (unpaired) electrons. The van der Waals surface area contributed by atoms with E-state index in [0.717, 1.165) is 29.3 Å². The maximum Gasteiger partial charge on any atom is 0.195 e. The van der Waals surface area contributed by atoms with Crippen LogP contribution in [-0.2, 0) is 13.0 Å². The zero-order valence-corrected chi connectivity index (χ0v) is 11.3. The molecule has 2 aromatic rings. The Morgan fingerprint density at radius 3 is 3.06 bits per heavy atom. The van der Waals surface area contributed by atoms with Crippen molar-refractivity contribution in [2.45, 2.75) is 38.6 Å². The van der Waals surface area contributed by atoms with Gasteiger partial charge in [0.2, 0.25) is 0 Å². The van der Waals surface area contributed by atoms with Crippen molar-refractivity contribution in [1.82, 2.24) is 19.7 Å². The number of nitrogens with one attached hydrogen (secondary N) is 1. The summed E-state index contributed by atoms with van der Waals surface area (Å²) in [5.41, 5.74) is 1.10. The second kappa shape index (κ2) is 4.34. The highest BCUT2D eigenvalue weighted by Gasteiger charge is 2.28. The van der Waals surface area contributed by atoms with Crippen molar-refractivity contribution in [2.24, 2.45) is 0 Å². The number of rotatable bonds is 4. The van der Waals surface area contributed by atoms with Crippen LogP contribution in [0.1, 0.15) is 35.3 Å². The van der Waals surface area contributed by atoms with Crippen molar-refractivity contribution >= 4 is 23.6 Å². The molecule has 1 aliphatic rings. The molecule has 6 heteroatoms. The summed E-state index contributed by atoms with van der Waals surface area (Å²) in [4.78, 5) is 4.47. The summed E-state index contributed by atoms with van der Waals surface area (Å²) < 4.78 is 2.86. The van der Waals surface area contributed by atoms with Crippen LogP contribution in [0.4, 0.5) is 0 Å². The van der Waals surface area contributed by atoms with Crippen molar-refractivity contribution in [3.05, 3.63) is 26.7 Å². The number of thiazole rings is 1. The van der Waals surface area contributed by atoms with Crippen LogP contribution in [-0.4, -0.2) is 19.7 Å². The number of aromatic amines is 1. The molecule has 0 aromatic carbocycles. The topological polar surface area (TPSA) is 46.5 Å². The van der Waals surface area contributed by atoms with E-state index >= 15 is 0 Å². The van der Waals surface area contributed by atoms with Crippen molar-refractivity contribution in [3.63, 3.8) is 0 Å². The Morgan fingerprint density at radius 2 is 2.41 bits per heavy atom. The third kappa shape index (κ3) is 2.32. The normalized spacial score (nSPS) is 15.4. The second-order valence-corrected chi connectivity index (χ2v) is 5.77. The summed E-state index contributed by atoms with van der Waals surface area (Å²) in [5, 5.41) is 10.5. The Hall–Kier alpha value is -1.01. The van der Waals surface area contributed by atoms with Gasteiger partial charge in [0.05, 0.1) is 5.01 Å². The van der Waals surface area contributed by atoms with Gasteiger partial charge in [-0.3, -0.25) is 5.10 Å². The average molecular weight is 266 g/mol. The lowest BCUT2D eigenvalue weighted by molar-refractivity contribution is 0.643. The van der Waals surface area contributed by atoms with Crippen LogP contribution in [0, 0.1) is 11.7 Å². The highest BCUT2D eigenvalue weighted by atomic mass is 32.1. The molecule has 0 amide bonds. The lowest BCUT2D eigenvalue weighted by Crippen LogP contribution is -2.05. The van der Waals surface area contributed by atoms with Gasteiger partial charge in [-0.05, 0) is 32.0 Å². The fraction of sp³-hybridized carbons (Fsp3) is 0.545. The number of H-pyrrole nitrogens is 1. The van der Waals surface area contributed by atoms with Gasteiger partial charge in [0.1, 0.15) is 5.82 Å². The zero-order chi connectivity index (χ0) is 11.8. The average Bonchev–Trinajstić information content (AvgIpc) is 2.97. The molecule has 1 saturated carbocycles. The van der Waals surface area contributed by atoms with Crippen LogP contribution in [0.15, 0.2) is 5.38 Å². The molecule has 0 bridgehead atoms. The summed E-state index contributed by atoms with van der Waals surface area (Å²) in [6, 6.07) is 0. The molecule has 0 spiro atoms. The van der Waals surface area contributed by atoms with Gasteiger partial charge in [0.25, 0.3) is 0 Å². The molecular weight excluding hydrogens is 252 g/mol. The second-order valence-electron chi connectivity index (χ2n) is 4.45.